The van der Waals surface area contributed by atoms with Gasteiger partial charge in [-0.15, -0.1) is 0 Å². The summed E-state index contributed by atoms with van der Waals surface area (Å²) >= 11 is 0. The van der Waals surface area contributed by atoms with Crippen molar-refractivity contribution in [2.45, 2.75) is 103 Å². The molecule has 8 N–H and O–H groups in total. The van der Waals surface area contributed by atoms with Gasteiger partial charge in [0.05, 0.1) is 12.6 Å². The Hall–Kier alpha value is -6.09. The van der Waals surface area contributed by atoms with Gasteiger partial charge >= 0.3 is 0 Å². The van der Waals surface area contributed by atoms with Gasteiger partial charge in [0, 0.05) is 24.9 Å². The highest BCUT2D eigenvalue weighted by Gasteiger charge is 2.36. The summed E-state index contributed by atoms with van der Waals surface area (Å²) in [5.74, 6) is -5.53. The number of rotatable bonds is 9. The van der Waals surface area contributed by atoms with Crippen LogP contribution in [0.3, 0.4) is 0 Å². The first-order chi connectivity index (χ1) is 28.2. The minimum Gasteiger partial charge on any atom is -0.391 e. The topological polar surface area (TPSA) is 224 Å². The van der Waals surface area contributed by atoms with Crippen molar-refractivity contribution in [3.63, 3.8) is 0 Å². The van der Waals surface area contributed by atoms with Crippen molar-refractivity contribution in [2.75, 3.05) is 6.54 Å². The van der Waals surface area contributed by atoms with E-state index < -0.39 is 96.0 Å². The predicted octanol–water partition coefficient (Wildman–Crippen LogP) is 1.43. The number of carbonyl (C=O) groups excluding carboxylic acids is 7. The summed E-state index contributed by atoms with van der Waals surface area (Å²) in [6.45, 7) is 7.98. The number of hydrogen-bond donors (Lipinski definition) is 8. The number of nitrogens with one attached hydrogen (secondary N) is 7. The van der Waals surface area contributed by atoms with Crippen LogP contribution in [0.25, 0.3) is 0 Å². The number of aliphatic hydroxyl groups is 1. The molecule has 0 aromatic heterocycles. The molecule has 316 valence electrons. The Balaban J connectivity index is 1.72. The fourth-order valence-electron chi connectivity index (χ4n) is 6.57. The zero-order chi connectivity index (χ0) is 43.1. The molecule has 8 atom stereocenters. The van der Waals surface area contributed by atoms with Gasteiger partial charge in [-0.2, -0.15) is 0 Å². The van der Waals surface area contributed by atoms with Crippen LogP contribution in [-0.4, -0.2) is 89.3 Å². The molecule has 1 heterocycles. The normalized spacial score (nSPS) is 23.4. The fourth-order valence-corrected chi connectivity index (χ4v) is 6.57. The van der Waals surface area contributed by atoms with E-state index >= 15 is 0 Å². The van der Waals surface area contributed by atoms with Gasteiger partial charge in [-0.1, -0.05) is 113 Å². The van der Waals surface area contributed by atoms with Crippen LogP contribution >= 0.6 is 0 Å². The summed E-state index contributed by atoms with van der Waals surface area (Å²) in [7, 11) is 0. The molecule has 15 heteroatoms. The summed E-state index contributed by atoms with van der Waals surface area (Å²) in [6.07, 6.45) is -0.273. The highest BCUT2D eigenvalue weighted by molar-refractivity contribution is 5.99. The molecule has 4 rings (SSSR count). The maximum absolute atomic E-state index is 14.1. The Kier molecular flexibility index (Phi) is 17.1. The smallest absolute Gasteiger partial charge is 0.252 e. The molecular formula is C44H57N7O8. The third-order valence-corrected chi connectivity index (χ3v) is 10.6. The van der Waals surface area contributed by atoms with Gasteiger partial charge in [0.1, 0.15) is 30.2 Å². The average Bonchev–Trinajstić information content (AvgIpc) is 3.23. The number of aliphatic hydroxyl groups excluding tert-OH is 1. The minimum absolute atomic E-state index is 0.0254. The minimum atomic E-state index is -1.47. The van der Waals surface area contributed by atoms with E-state index in [9.17, 15) is 38.7 Å². The van der Waals surface area contributed by atoms with E-state index in [1.165, 1.54) is 19.1 Å². The van der Waals surface area contributed by atoms with E-state index in [1.54, 1.807) is 62.4 Å². The van der Waals surface area contributed by atoms with Gasteiger partial charge in [-0.05, 0) is 47.6 Å². The Morgan fingerprint density at radius 1 is 0.542 bits per heavy atom. The van der Waals surface area contributed by atoms with Crippen LogP contribution in [0.15, 0.2) is 84.9 Å². The molecule has 3 aromatic rings. The van der Waals surface area contributed by atoms with Gasteiger partial charge in [0.2, 0.25) is 35.4 Å². The van der Waals surface area contributed by atoms with E-state index in [0.29, 0.717) is 18.4 Å². The van der Waals surface area contributed by atoms with Gasteiger partial charge in [0.25, 0.3) is 5.91 Å². The van der Waals surface area contributed by atoms with Crippen LogP contribution in [0, 0.1) is 11.8 Å². The fraction of sp³-hybridized carbons (Fsp3) is 0.432. The molecule has 0 aliphatic carbocycles. The van der Waals surface area contributed by atoms with Crippen LogP contribution in [0.1, 0.15) is 74.5 Å². The average molecular weight is 812 g/mol. The zero-order valence-corrected chi connectivity index (χ0v) is 34.2. The van der Waals surface area contributed by atoms with Crippen molar-refractivity contribution in [2.24, 2.45) is 11.8 Å². The quantitative estimate of drug-likeness (QED) is 0.158. The monoisotopic (exact) mass is 811 g/mol. The summed E-state index contributed by atoms with van der Waals surface area (Å²) < 4.78 is 0. The predicted molar refractivity (Wildman–Crippen MR) is 221 cm³/mol. The van der Waals surface area contributed by atoms with Gasteiger partial charge < -0.3 is 42.3 Å². The number of amides is 7. The first-order valence-corrected chi connectivity index (χ1v) is 20.1. The third-order valence-electron chi connectivity index (χ3n) is 10.6. The molecule has 3 aromatic carbocycles. The highest BCUT2D eigenvalue weighted by atomic mass is 16.3. The summed E-state index contributed by atoms with van der Waals surface area (Å²) in [6, 6.07) is 18.3. The zero-order valence-electron chi connectivity index (χ0n) is 34.2. The Bertz CT molecular complexity index is 1930. The first kappa shape index (κ1) is 45.6. The second-order valence-corrected chi connectivity index (χ2v) is 15.1. The number of fused-ring (bicyclic) bond motifs is 2. The molecule has 0 fully saturated rings. The molecule has 2 bridgehead atoms. The molecular weight excluding hydrogens is 755 g/mol. The molecule has 15 nitrogen and oxygen atoms in total. The van der Waals surface area contributed by atoms with Crippen molar-refractivity contribution in [3.05, 3.63) is 107 Å². The number of hydrogen-bond acceptors (Lipinski definition) is 8. The summed E-state index contributed by atoms with van der Waals surface area (Å²) in [5.41, 5.74) is 2.16. The lowest BCUT2D eigenvalue weighted by Crippen LogP contribution is -2.62. The van der Waals surface area contributed by atoms with Crippen molar-refractivity contribution in [1.82, 2.24) is 37.2 Å². The summed E-state index contributed by atoms with van der Waals surface area (Å²) in [4.78, 5) is 96.2. The van der Waals surface area contributed by atoms with Crippen molar-refractivity contribution < 1.29 is 38.7 Å². The third kappa shape index (κ3) is 13.5. The Morgan fingerprint density at radius 2 is 1.02 bits per heavy atom. The maximum atomic E-state index is 14.1. The second kappa shape index (κ2) is 22.2. The standard InChI is InChI=1S/C44H57N7O8/c1-6-26(3)36-42(57)48-34(23-30-17-12-9-13-18-30)41(56)46-25-35(53)47-33(22-29-15-10-8-11-16-29)40(55)45-24-31-19-14-20-32(21-31)39(54)51-38(28(5)52)44(59)50-37(27(4)7-2)43(58)49-36/h8-21,26-28,33-34,36-38,52H,6-7,22-25H2,1-5H3,(H,45,55)(H,46,56)(H,47,53)(H,48,57)(H,49,58)(H,50,59)(H,51,54)/t26?,27?,28?,33-,34-,36+,37-,38-/m0/s1. The van der Waals surface area contributed by atoms with Crippen LogP contribution in [0.2, 0.25) is 0 Å². The van der Waals surface area contributed by atoms with E-state index in [0.717, 1.165) is 11.1 Å². The molecule has 0 spiro atoms. The molecule has 3 unspecified atom stereocenters. The molecule has 0 saturated heterocycles. The summed E-state index contributed by atoms with van der Waals surface area (Å²) in [5, 5.41) is 29.6. The lowest BCUT2D eigenvalue weighted by Gasteiger charge is -2.31. The molecule has 59 heavy (non-hydrogen) atoms. The Labute approximate surface area is 345 Å². The van der Waals surface area contributed by atoms with Crippen molar-refractivity contribution in [1.29, 1.82) is 0 Å². The van der Waals surface area contributed by atoms with Crippen LogP contribution < -0.4 is 37.2 Å². The molecule has 1 aliphatic rings. The largest absolute Gasteiger partial charge is 0.391 e. The highest BCUT2D eigenvalue weighted by Crippen LogP contribution is 2.15. The maximum Gasteiger partial charge on any atom is 0.252 e. The lowest BCUT2D eigenvalue weighted by atomic mass is 9.94. The SMILES string of the molecule is CCC(C)[C@@H]1NC(=O)[C@H](C(C)O)NC(=O)c2cccc(c2)CNC(=O)[C@H](Cc2ccccc2)NC(=O)CNC(=O)[C@H](Cc2ccccc2)NC(=O)[C@@H](C(C)CC)NC1=O. The van der Waals surface area contributed by atoms with Crippen LogP contribution in [0.5, 0.6) is 0 Å². The van der Waals surface area contributed by atoms with E-state index in [-0.39, 0.29) is 24.9 Å². The molecule has 0 radical (unpaired) electrons. The second-order valence-electron chi connectivity index (χ2n) is 15.1. The van der Waals surface area contributed by atoms with Gasteiger partial charge in [-0.3, -0.25) is 33.6 Å². The molecule has 1 aliphatic heterocycles. The number of carbonyl (C=O) groups is 7. The van der Waals surface area contributed by atoms with E-state index in [4.69, 9.17) is 0 Å². The van der Waals surface area contributed by atoms with E-state index in [1.807, 2.05) is 38.1 Å². The van der Waals surface area contributed by atoms with Gasteiger partial charge in [-0.25, -0.2) is 0 Å². The molecule has 7 amide bonds. The Morgan fingerprint density at radius 3 is 1.53 bits per heavy atom. The number of benzene rings is 3. The molecule has 0 saturated carbocycles. The van der Waals surface area contributed by atoms with Crippen LogP contribution in [-0.2, 0) is 48.2 Å². The van der Waals surface area contributed by atoms with Crippen LogP contribution in [0.4, 0.5) is 0 Å². The van der Waals surface area contributed by atoms with Crippen molar-refractivity contribution in [3.8, 4) is 0 Å². The van der Waals surface area contributed by atoms with E-state index in [2.05, 4.69) is 37.2 Å². The van der Waals surface area contributed by atoms with Crippen molar-refractivity contribution >= 4 is 41.4 Å². The first-order valence-electron chi connectivity index (χ1n) is 20.1. The lowest BCUT2D eigenvalue weighted by molar-refractivity contribution is -0.136. The van der Waals surface area contributed by atoms with Gasteiger partial charge in [0.15, 0.2) is 0 Å².